The second-order valence-electron chi connectivity index (χ2n) is 7.29. The fraction of sp³-hybridized carbons (Fsp3) is 0.0800. The Morgan fingerprint density at radius 2 is 1.91 bits per heavy atom. The van der Waals surface area contributed by atoms with Gasteiger partial charge in [0.2, 0.25) is 11.8 Å². The lowest BCUT2D eigenvalue weighted by Gasteiger charge is -2.08. The van der Waals surface area contributed by atoms with Crippen LogP contribution in [0.25, 0.3) is 16.6 Å². The molecule has 4 aromatic rings. The van der Waals surface area contributed by atoms with Crippen molar-refractivity contribution in [2.45, 2.75) is 13.5 Å². The molecular weight excluding hydrogens is 456 g/mol. The topological polar surface area (TPSA) is 76.0 Å². The van der Waals surface area contributed by atoms with Crippen LogP contribution in [0.3, 0.4) is 0 Å². The molecule has 6 nitrogen and oxygen atoms in total. The van der Waals surface area contributed by atoms with Gasteiger partial charge in [0.1, 0.15) is 5.69 Å². The maximum Gasteiger partial charge on any atom is 0.248 e. The number of aromatic nitrogens is 2. The first-order chi connectivity index (χ1) is 16.0. The summed E-state index contributed by atoms with van der Waals surface area (Å²) in [6, 6.07) is 19.0. The highest BCUT2D eigenvalue weighted by atomic mass is 35.5. The highest BCUT2D eigenvalue weighted by molar-refractivity contribution is 7.13. The van der Waals surface area contributed by atoms with Crippen LogP contribution in [0.15, 0.2) is 78.3 Å². The van der Waals surface area contributed by atoms with Crippen LogP contribution in [0.5, 0.6) is 0 Å². The molecule has 0 radical (unpaired) electrons. The van der Waals surface area contributed by atoms with Crippen molar-refractivity contribution in [2.24, 2.45) is 0 Å². The molecule has 0 aliphatic carbocycles. The van der Waals surface area contributed by atoms with E-state index in [-0.39, 0.29) is 11.8 Å². The molecule has 0 saturated carbocycles. The molecule has 0 aliphatic heterocycles. The van der Waals surface area contributed by atoms with Gasteiger partial charge < -0.3 is 10.6 Å². The summed E-state index contributed by atoms with van der Waals surface area (Å²) in [7, 11) is 0. The first-order valence-electron chi connectivity index (χ1n) is 10.2. The zero-order valence-corrected chi connectivity index (χ0v) is 19.4. The van der Waals surface area contributed by atoms with Crippen molar-refractivity contribution >= 4 is 52.2 Å². The Labute approximate surface area is 200 Å². The number of hydrogen-bond acceptors (Lipinski definition) is 4. The van der Waals surface area contributed by atoms with Crippen molar-refractivity contribution in [3.63, 3.8) is 0 Å². The second kappa shape index (κ2) is 10.3. The summed E-state index contributed by atoms with van der Waals surface area (Å²) in [5, 5.41) is 12.6. The molecule has 0 aliphatic rings. The molecule has 2 heterocycles. The van der Waals surface area contributed by atoms with Gasteiger partial charge in [-0.3, -0.25) is 14.3 Å². The Morgan fingerprint density at radius 1 is 1.09 bits per heavy atom. The van der Waals surface area contributed by atoms with Crippen LogP contribution in [0.1, 0.15) is 18.1 Å². The monoisotopic (exact) mass is 476 g/mol. The lowest BCUT2D eigenvalue weighted by Crippen LogP contribution is -2.10. The maximum absolute atomic E-state index is 12.6. The summed E-state index contributed by atoms with van der Waals surface area (Å²) in [5.41, 5.74) is 3.75. The van der Waals surface area contributed by atoms with E-state index < -0.39 is 0 Å². The van der Waals surface area contributed by atoms with Crippen molar-refractivity contribution in [2.75, 3.05) is 10.6 Å². The van der Waals surface area contributed by atoms with Crippen LogP contribution in [-0.2, 0) is 16.1 Å². The molecule has 8 heteroatoms. The van der Waals surface area contributed by atoms with E-state index in [1.807, 2.05) is 58.7 Å². The van der Waals surface area contributed by atoms with E-state index in [2.05, 4.69) is 10.6 Å². The van der Waals surface area contributed by atoms with Gasteiger partial charge in [-0.25, -0.2) is 0 Å². The van der Waals surface area contributed by atoms with E-state index in [9.17, 15) is 9.59 Å². The average Bonchev–Trinajstić information content (AvgIpc) is 3.45. The molecule has 0 fully saturated rings. The van der Waals surface area contributed by atoms with Crippen molar-refractivity contribution in [1.29, 1.82) is 0 Å². The molecule has 33 heavy (non-hydrogen) atoms. The zero-order valence-electron chi connectivity index (χ0n) is 17.8. The fourth-order valence-electron chi connectivity index (χ4n) is 3.26. The number of thiophene rings is 1. The standard InChI is InChI=1S/C25H21ClN4O2S/c1-17(31)27-20-10-11-21(26)22(14-20)28-24(32)12-9-19-16-30(15-18-6-3-2-4-7-18)29-25(19)23-8-5-13-33-23/h2-14,16H,15H2,1H3,(H,27,31)(H,28,32)/b12-9+. The largest absolute Gasteiger partial charge is 0.326 e. The van der Waals surface area contributed by atoms with Crippen LogP contribution in [0.2, 0.25) is 5.02 Å². The van der Waals surface area contributed by atoms with E-state index in [1.54, 1.807) is 35.6 Å². The number of carbonyl (C=O) groups excluding carboxylic acids is 2. The fourth-order valence-corrected chi connectivity index (χ4v) is 4.15. The smallest absolute Gasteiger partial charge is 0.248 e. The number of amides is 2. The Kier molecular flexibility index (Phi) is 7.02. The molecule has 0 spiro atoms. The van der Waals surface area contributed by atoms with Crippen molar-refractivity contribution in [3.8, 4) is 10.6 Å². The van der Waals surface area contributed by atoms with Gasteiger partial charge in [-0.05, 0) is 41.3 Å². The third kappa shape index (κ3) is 5.97. The van der Waals surface area contributed by atoms with Crippen molar-refractivity contribution in [3.05, 3.63) is 94.5 Å². The Morgan fingerprint density at radius 3 is 2.64 bits per heavy atom. The van der Waals surface area contributed by atoms with Gasteiger partial charge in [0, 0.05) is 30.4 Å². The SMILES string of the molecule is CC(=O)Nc1ccc(Cl)c(NC(=O)/C=C/c2cn(Cc3ccccc3)nc2-c2cccs2)c1. The minimum absolute atomic E-state index is 0.205. The summed E-state index contributed by atoms with van der Waals surface area (Å²) < 4.78 is 1.87. The number of carbonyl (C=O) groups is 2. The van der Waals surface area contributed by atoms with Gasteiger partial charge in [-0.1, -0.05) is 48.0 Å². The van der Waals surface area contributed by atoms with Crippen LogP contribution < -0.4 is 10.6 Å². The summed E-state index contributed by atoms with van der Waals surface area (Å²) in [5.74, 6) is -0.548. The molecule has 0 atom stereocenters. The predicted molar refractivity (Wildman–Crippen MR) is 135 cm³/mol. The molecule has 4 rings (SSSR count). The first-order valence-corrected chi connectivity index (χ1v) is 11.4. The molecule has 2 amide bonds. The van der Waals surface area contributed by atoms with Gasteiger partial charge in [-0.2, -0.15) is 5.10 Å². The number of anilines is 2. The Bertz CT molecular complexity index is 1300. The molecule has 2 N–H and O–H groups in total. The number of halogens is 1. The molecule has 166 valence electrons. The normalized spacial score (nSPS) is 11.0. The van der Waals surface area contributed by atoms with Crippen LogP contribution in [0, 0.1) is 0 Å². The van der Waals surface area contributed by atoms with E-state index in [1.165, 1.54) is 13.0 Å². The maximum atomic E-state index is 12.6. The summed E-state index contributed by atoms with van der Waals surface area (Å²) in [6.07, 6.45) is 5.11. The van der Waals surface area contributed by atoms with Crippen LogP contribution in [-0.4, -0.2) is 21.6 Å². The third-order valence-electron chi connectivity index (χ3n) is 4.69. The van der Waals surface area contributed by atoms with Gasteiger partial charge in [0.25, 0.3) is 0 Å². The number of hydrogen-bond donors (Lipinski definition) is 2. The van der Waals surface area contributed by atoms with Crippen molar-refractivity contribution < 1.29 is 9.59 Å². The van der Waals surface area contributed by atoms with E-state index >= 15 is 0 Å². The van der Waals surface area contributed by atoms with E-state index in [0.29, 0.717) is 22.9 Å². The van der Waals surface area contributed by atoms with Gasteiger partial charge >= 0.3 is 0 Å². The quantitative estimate of drug-likeness (QED) is 0.325. The Balaban J connectivity index is 1.54. The van der Waals surface area contributed by atoms with Crippen LogP contribution in [0.4, 0.5) is 11.4 Å². The number of benzene rings is 2. The van der Waals surface area contributed by atoms with E-state index in [4.69, 9.17) is 16.7 Å². The van der Waals surface area contributed by atoms with Gasteiger partial charge in [-0.15, -0.1) is 11.3 Å². The predicted octanol–water partition coefficient (Wildman–Crippen LogP) is 5.92. The molecule has 0 bridgehead atoms. The number of nitrogens with one attached hydrogen (secondary N) is 2. The molecule has 0 saturated heterocycles. The van der Waals surface area contributed by atoms with E-state index in [0.717, 1.165) is 21.7 Å². The van der Waals surface area contributed by atoms with Gasteiger partial charge in [0.05, 0.1) is 22.1 Å². The van der Waals surface area contributed by atoms with Crippen molar-refractivity contribution in [1.82, 2.24) is 9.78 Å². The Hall–Kier alpha value is -3.68. The highest BCUT2D eigenvalue weighted by Gasteiger charge is 2.12. The van der Waals surface area contributed by atoms with Crippen LogP contribution >= 0.6 is 22.9 Å². The summed E-state index contributed by atoms with van der Waals surface area (Å²) >= 11 is 7.80. The number of nitrogens with zero attached hydrogens (tertiary/aromatic N) is 2. The highest BCUT2D eigenvalue weighted by Crippen LogP contribution is 2.28. The molecule has 2 aromatic carbocycles. The summed E-state index contributed by atoms with van der Waals surface area (Å²) in [4.78, 5) is 24.9. The lowest BCUT2D eigenvalue weighted by molar-refractivity contribution is -0.114. The van der Waals surface area contributed by atoms with Gasteiger partial charge in [0.15, 0.2) is 0 Å². The molecule has 0 unspecified atom stereocenters. The molecule has 2 aromatic heterocycles. The minimum atomic E-state index is -0.343. The minimum Gasteiger partial charge on any atom is -0.326 e. The average molecular weight is 477 g/mol. The number of rotatable bonds is 7. The third-order valence-corrected chi connectivity index (χ3v) is 5.90. The first kappa shape index (κ1) is 22.5. The molecular formula is C25H21ClN4O2S. The zero-order chi connectivity index (χ0) is 23.2. The second-order valence-corrected chi connectivity index (χ2v) is 8.65. The lowest BCUT2D eigenvalue weighted by atomic mass is 10.2. The summed E-state index contributed by atoms with van der Waals surface area (Å²) in [6.45, 7) is 2.05.